The summed E-state index contributed by atoms with van der Waals surface area (Å²) in [5.74, 6) is 1.67. The molecule has 0 bridgehead atoms. The zero-order valence-corrected chi connectivity index (χ0v) is 14.5. The first-order chi connectivity index (χ1) is 13.4. The van der Waals surface area contributed by atoms with Crippen molar-refractivity contribution in [1.82, 2.24) is 0 Å². The first-order valence-electron chi connectivity index (χ1n) is 9.20. The van der Waals surface area contributed by atoms with Crippen molar-refractivity contribution in [2.45, 2.75) is 0 Å². The van der Waals surface area contributed by atoms with Crippen LogP contribution < -0.4 is 9.47 Å². The number of hydrogen-bond donors (Lipinski definition) is 0. The van der Waals surface area contributed by atoms with Gasteiger partial charge >= 0.3 is 0 Å². The molecule has 0 atom stereocenters. The Hall–Kier alpha value is -3.52. The average Bonchev–Trinajstić information content (AvgIpc) is 3.16. The molecule has 2 nitrogen and oxygen atoms in total. The maximum Gasteiger partial charge on any atom is 0.231 e. The topological polar surface area (TPSA) is 18.5 Å². The molecule has 6 aromatic carbocycles. The summed E-state index contributed by atoms with van der Waals surface area (Å²) >= 11 is 0. The van der Waals surface area contributed by atoms with Crippen molar-refractivity contribution in [3.8, 4) is 11.5 Å². The molecular formula is C25H14O2. The Morgan fingerprint density at radius 3 is 1.96 bits per heavy atom. The minimum absolute atomic E-state index is 0.296. The fraction of sp³-hybridized carbons (Fsp3) is 0.0400. The molecule has 0 saturated heterocycles. The lowest BCUT2D eigenvalue weighted by atomic mass is 9.87. The maximum absolute atomic E-state index is 5.69. The Morgan fingerprint density at radius 2 is 1.15 bits per heavy atom. The van der Waals surface area contributed by atoms with E-state index in [2.05, 4.69) is 72.8 Å². The fourth-order valence-electron chi connectivity index (χ4n) is 4.84. The zero-order chi connectivity index (χ0) is 17.5. The minimum atomic E-state index is 0.296. The monoisotopic (exact) mass is 346 g/mol. The lowest BCUT2D eigenvalue weighted by Crippen LogP contribution is -1.92. The normalized spacial score (nSPS) is 13.6. The van der Waals surface area contributed by atoms with Gasteiger partial charge in [0.15, 0.2) is 11.5 Å². The van der Waals surface area contributed by atoms with Crippen LogP contribution in [0.4, 0.5) is 0 Å². The molecule has 0 aromatic heterocycles. The van der Waals surface area contributed by atoms with Gasteiger partial charge in [-0.15, -0.1) is 0 Å². The minimum Gasteiger partial charge on any atom is -0.454 e. The van der Waals surface area contributed by atoms with Gasteiger partial charge in [-0.05, 0) is 72.1 Å². The van der Waals surface area contributed by atoms with Gasteiger partial charge in [0.25, 0.3) is 0 Å². The van der Waals surface area contributed by atoms with E-state index in [1.54, 1.807) is 0 Å². The molecule has 1 aliphatic rings. The van der Waals surface area contributed by atoms with Crippen LogP contribution in [0.2, 0.25) is 0 Å². The smallest absolute Gasteiger partial charge is 0.231 e. The molecule has 0 spiro atoms. The average molecular weight is 346 g/mol. The summed E-state index contributed by atoms with van der Waals surface area (Å²) in [6.07, 6.45) is 0. The van der Waals surface area contributed by atoms with Crippen LogP contribution in [0.1, 0.15) is 0 Å². The fourth-order valence-corrected chi connectivity index (χ4v) is 4.84. The summed E-state index contributed by atoms with van der Waals surface area (Å²) in [4.78, 5) is 0. The van der Waals surface area contributed by atoms with E-state index in [4.69, 9.17) is 9.47 Å². The largest absolute Gasteiger partial charge is 0.454 e. The van der Waals surface area contributed by atoms with Crippen molar-refractivity contribution in [2.75, 3.05) is 6.79 Å². The third kappa shape index (κ3) is 1.61. The van der Waals surface area contributed by atoms with E-state index in [0.717, 1.165) is 11.5 Å². The van der Waals surface area contributed by atoms with Crippen molar-refractivity contribution in [3.05, 3.63) is 72.8 Å². The van der Waals surface area contributed by atoms with Gasteiger partial charge in [-0.25, -0.2) is 0 Å². The highest BCUT2D eigenvalue weighted by molar-refractivity contribution is 6.38. The number of ether oxygens (including phenoxy) is 2. The van der Waals surface area contributed by atoms with Gasteiger partial charge in [-0.1, -0.05) is 54.6 Å². The number of benzene rings is 6. The van der Waals surface area contributed by atoms with Crippen LogP contribution in [0.3, 0.4) is 0 Å². The molecule has 126 valence electrons. The lowest BCUT2D eigenvalue weighted by molar-refractivity contribution is 0.174. The molecule has 6 aromatic rings. The van der Waals surface area contributed by atoms with Crippen LogP contribution in [0.25, 0.3) is 53.9 Å². The van der Waals surface area contributed by atoms with E-state index in [9.17, 15) is 0 Å². The molecule has 2 heteroatoms. The van der Waals surface area contributed by atoms with Crippen molar-refractivity contribution in [2.24, 2.45) is 0 Å². The Bertz CT molecular complexity index is 1540. The van der Waals surface area contributed by atoms with Crippen LogP contribution >= 0.6 is 0 Å². The summed E-state index contributed by atoms with van der Waals surface area (Å²) < 4.78 is 11.3. The van der Waals surface area contributed by atoms with Gasteiger partial charge in [-0.3, -0.25) is 0 Å². The van der Waals surface area contributed by atoms with Gasteiger partial charge in [0, 0.05) is 0 Å². The molecule has 0 amide bonds. The number of rotatable bonds is 0. The second kappa shape index (κ2) is 4.60. The van der Waals surface area contributed by atoms with Crippen LogP contribution in [-0.2, 0) is 0 Å². The first kappa shape index (κ1) is 13.7. The van der Waals surface area contributed by atoms with Crippen LogP contribution in [0.5, 0.6) is 11.5 Å². The number of hydrogen-bond acceptors (Lipinski definition) is 2. The molecule has 0 aliphatic carbocycles. The number of fused-ring (bicyclic) bond motifs is 5. The zero-order valence-electron chi connectivity index (χ0n) is 14.5. The Balaban J connectivity index is 1.89. The van der Waals surface area contributed by atoms with E-state index < -0.39 is 0 Å². The third-order valence-electron chi connectivity index (χ3n) is 5.94. The molecule has 0 unspecified atom stereocenters. The molecule has 0 N–H and O–H groups in total. The SMILES string of the molecule is c1cc2cccc3c2c(c1)c1cccc2cc4cc5c(cc4c3c21)OCO5. The standard InChI is InChI=1S/C25H14O2/c1-4-14-5-2-9-19-23(14)17(7-1)18-8-3-6-15-10-16-11-21-22(27-13-26-21)12-20(16)25(19)24(15)18/h1-12H,13H2. The molecule has 0 radical (unpaired) electrons. The predicted octanol–water partition coefficient (Wildman–Crippen LogP) is 6.62. The lowest BCUT2D eigenvalue weighted by Gasteiger charge is -2.16. The molecular weight excluding hydrogens is 332 g/mol. The molecule has 27 heavy (non-hydrogen) atoms. The maximum atomic E-state index is 5.69. The van der Waals surface area contributed by atoms with Crippen LogP contribution in [0.15, 0.2) is 72.8 Å². The molecule has 1 aliphatic heterocycles. The molecule has 0 fully saturated rings. The van der Waals surface area contributed by atoms with E-state index in [1.807, 2.05) is 0 Å². The highest BCUT2D eigenvalue weighted by Gasteiger charge is 2.19. The highest BCUT2D eigenvalue weighted by atomic mass is 16.7. The van der Waals surface area contributed by atoms with Gasteiger partial charge < -0.3 is 9.47 Å². The van der Waals surface area contributed by atoms with E-state index in [0.29, 0.717) is 6.79 Å². The molecule has 0 saturated carbocycles. The second-order valence-corrected chi connectivity index (χ2v) is 7.29. The Morgan fingerprint density at radius 1 is 0.481 bits per heavy atom. The van der Waals surface area contributed by atoms with Gasteiger partial charge in [-0.2, -0.15) is 0 Å². The van der Waals surface area contributed by atoms with Crippen molar-refractivity contribution in [1.29, 1.82) is 0 Å². The summed E-state index contributed by atoms with van der Waals surface area (Å²) in [6.45, 7) is 0.296. The Kier molecular flexibility index (Phi) is 2.33. The van der Waals surface area contributed by atoms with Crippen molar-refractivity contribution >= 4 is 53.9 Å². The van der Waals surface area contributed by atoms with E-state index in [-0.39, 0.29) is 0 Å². The second-order valence-electron chi connectivity index (χ2n) is 7.29. The molecule has 7 rings (SSSR count). The third-order valence-corrected chi connectivity index (χ3v) is 5.94. The molecule has 1 heterocycles. The summed E-state index contributed by atoms with van der Waals surface area (Å²) in [5, 5.41) is 12.9. The first-order valence-corrected chi connectivity index (χ1v) is 9.20. The van der Waals surface area contributed by atoms with E-state index in [1.165, 1.54) is 53.9 Å². The van der Waals surface area contributed by atoms with Gasteiger partial charge in [0.2, 0.25) is 6.79 Å². The summed E-state index contributed by atoms with van der Waals surface area (Å²) in [5.41, 5.74) is 0. The van der Waals surface area contributed by atoms with Gasteiger partial charge in [0.05, 0.1) is 0 Å². The predicted molar refractivity (Wildman–Crippen MR) is 111 cm³/mol. The van der Waals surface area contributed by atoms with Crippen molar-refractivity contribution < 1.29 is 9.47 Å². The summed E-state index contributed by atoms with van der Waals surface area (Å²) in [7, 11) is 0. The van der Waals surface area contributed by atoms with Crippen LogP contribution in [-0.4, -0.2) is 6.79 Å². The summed E-state index contributed by atoms with van der Waals surface area (Å²) in [6, 6.07) is 26.4. The quantitative estimate of drug-likeness (QED) is 0.227. The van der Waals surface area contributed by atoms with Crippen molar-refractivity contribution in [3.63, 3.8) is 0 Å². The van der Waals surface area contributed by atoms with Gasteiger partial charge in [0.1, 0.15) is 0 Å². The van der Waals surface area contributed by atoms with Crippen LogP contribution in [0, 0.1) is 0 Å². The van der Waals surface area contributed by atoms with E-state index >= 15 is 0 Å². The highest BCUT2D eigenvalue weighted by Crippen LogP contribution is 2.46. The Labute approximate surface area is 154 Å².